The summed E-state index contributed by atoms with van der Waals surface area (Å²) in [5, 5.41) is 3.00. The number of nitrogens with one attached hydrogen (secondary N) is 1. The minimum atomic E-state index is -0.423. The van der Waals surface area contributed by atoms with Crippen LogP contribution in [-0.2, 0) is 9.59 Å². The van der Waals surface area contributed by atoms with Crippen molar-refractivity contribution >= 4 is 11.8 Å². The lowest BCUT2D eigenvalue weighted by Gasteiger charge is -2.35. The van der Waals surface area contributed by atoms with E-state index >= 15 is 0 Å². The van der Waals surface area contributed by atoms with Crippen molar-refractivity contribution in [1.82, 2.24) is 10.2 Å². The summed E-state index contributed by atoms with van der Waals surface area (Å²) in [7, 11) is 0. The summed E-state index contributed by atoms with van der Waals surface area (Å²) in [5.74, 6) is 0.577. The zero-order chi connectivity index (χ0) is 16.2. The first-order valence-electron chi connectivity index (χ1n) is 7.95. The highest BCUT2D eigenvalue weighted by atomic mass is 16.2. The second-order valence-electron chi connectivity index (χ2n) is 7.52. The van der Waals surface area contributed by atoms with Crippen LogP contribution < -0.4 is 11.1 Å². The number of carbonyl (C=O) groups excluding carboxylic acids is 2. The van der Waals surface area contributed by atoms with Gasteiger partial charge in [-0.3, -0.25) is 9.59 Å². The monoisotopic (exact) mass is 297 g/mol. The third-order valence-electron chi connectivity index (χ3n) is 4.07. The topological polar surface area (TPSA) is 75.4 Å². The van der Waals surface area contributed by atoms with Gasteiger partial charge in [-0.2, -0.15) is 0 Å². The Kier molecular flexibility index (Phi) is 6.20. The molecule has 1 heterocycles. The fourth-order valence-corrected chi connectivity index (χ4v) is 2.43. The zero-order valence-electron chi connectivity index (χ0n) is 14.1. The lowest BCUT2D eigenvalue weighted by molar-refractivity contribution is -0.135. The third kappa shape index (κ3) is 5.30. The molecule has 0 aromatic rings. The number of nitrogens with two attached hydrogens (primary N) is 1. The standard InChI is InChI=1S/C16H31N3O2/c1-11(2)13(17)14(20)19-8-6-7-12(10-19)9-18-15(21)16(3,4)5/h11-13H,6-10,17H2,1-5H3,(H,18,21)/t12?,13-/m0/s1. The molecule has 3 N–H and O–H groups in total. The van der Waals surface area contributed by atoms with Gasteiger partial charge < -0.3 is 16.0 Å². The number of piperidine rings is 1. The number of rotatable bonds is 4. The maximum Gasteiger partial charge on any atom is 0.239 e. The molecule has 21 heavy (non-hydrogen) atoms. The summed E-state index contributed by atoms with van der Waals surface area (Å²) < 4.78 is 0. The first kappa shape index (κ1) is 18.0. The Labute approximate surface area is 128 Å². The van der Waals surface area contributed by atoms with E-state index in [-0.39, 0.29) is 23.1 Å². The van der Waals surface area contributed by atoms with Crippen LogP contribution in [0.25, 0.3) is 0 Å². The van der Waals surface area contributed by atoms with Crippen molar-refractivity contribution in [3.8, 4) is 0 Å². The summed E-state index contributed by atoms with van der Waals surface area (Å²) in [6, 6.07) is -0.423. The van der Waals surface area contributed by atoms with E-state index in [2.05, 4.69) is 5.32 Å². The van der Waals surface area contributed by atoms with Crippen molar-refractivity contribution in [3.05, 3.63) is 0 Å². The van der Waals surface area contributed by atoms with Crippen LogP contribution >= 0.6 is 0 Å². The number of hydrogen-bond acceptors (Lipinski definition) is 3. The molecule has 122 valence electrons. The van der Waals surface area contributed by atoms with Gasteiger partial charge in [0, 0.05) is 25.0 Å². The molecule has 1 aliphatic heterocycles. The van der Waals surface area contributed by atoms with Gasteiger partial charge in [-0.15, -0.1) is 0 Å². The second kappa shape index (κ2) is 7.25. The molecule has 1 rings (SSSR count). The highest BCUT2D eigenvalue weighted by Gasteiger charge is 2.29. The van der Waals surface area contributed by atoms with Gasteiger partial charge in [-0.1, -0.05) is 34.6 Å². The van der Waals surface area contributed by atoms with E-state index in [1.807, 2.05) is 39.5 Å². The number of nitrogens with zero attached hydrogens (tertiary/aromatic N) is 1. The van der Waals surface area contributed by atoms with Gasteiger partial charge in [-0.05, 0) is 24.7 Å². The van der Waals surface area contributed by atoms with Crippen molar-refractivity contribution in [3.63, 3.8) is 0 Å². The normalized spacial score (nSPS) is 21.3. The smallest absolute Gasteiger partial charge is 0.239 e. The predicted molar refractivity (Wildman–Crippen MR) is 84.6 cm³/mol. The Bertz CT molecular complexity index is 374. The lowest BCUT2D eigenvalue weighted by atomic mass is 9.93. The summed E-state index contributed by atoms with van der Waals surface area (Å²) in [5.41, 5.74) is 5.58. The molecule has 0 bridgehead atoms. The zero-order valence-corrected chi connectivity index (χ0v) is 14.1. The van der Waals surface area contributed by atoms with Crippen molar-refractivity contribution in [2.45, 2.75) is 53.5 Å². The SMILES string of the molecule is CC(C)[C@H](N)C(=O)N1CCCC(CNC(=O)C(C)(C)C)C1. The van der Waals surface area contributed by atoms with Crippen molar-refractivity contribution in [2.75, 3.05) is 19.6 Å². The van der Waals surface area contributed by atoms with Gasteiger partial charge in [0.15, 0.2) is 0 Å². The van der Waals surface area contributed by atoms with Gasteiger partial charge in [0.2, 0.25) is 11.8 Å². The van der Waals surface area contributed by atoms with Gasteiger partial charge in [-0.25, -0.2) is 0 Å². The summed E-state index contributed by atoms with van der Waals surface area (Å²) in [6.07, 6.45) is 2.03. The molecule has 0 aromatic heterocycles. The van der Waals surface area contributed by atoms with Crippen molar-refractivity contribution in [2.24, 2.45) is 23.0 Å². The van der Waals surface area contributed by atoms with Crippen LogP contribution in [0.4, 0.5) is 0 Å². The van der Waals surface area contributed by atoms with Gasteiger partial charge >= 0.3 is 0 Å². The molecule has 0 saturated carbocycles. The van der Waals surface area contributed by atoms with E-state index in [1.54, 1.807) is 0 Å². The molecule has 0 spiro atoms. The molecule has 0 radical (unpaired) electrons. The summed E-state index contributed by atoms with van der Waals surface area (Å²) >= 11 is 0. The van der Waals surface area contributed by atoms with E-state index in [0.29, 0.717) is 19.0 Å². The number of carbonyl (C=O) groups is 2. The van der Waals surface area contributed by atoms with Crippen LogP contribution in [0.1, 0.15) is 47.5 Å². The fraction of sp³-hybridized carbons (Fsp3) is 0.875. The molecule has 5 heteroatoms. The Morgan fingerprint density at radius 3 is 2.48 bits per heavy atom. The number of hydrogen-bond donors (Lipinski definition) is 2. The Morgan fingerprint density at radius 2 is 1.95 bits per heavy atom. The molecule has 2 amide bonds. The summed E-state index contributed by atoms with van der Waals surface area (Å²) in [4.78, 5) is 26.1. The van der Waals surface area contributed by atoms with E-state index in [9.17, 15) is 9.59 Å². The molecular formula is C16H31N3O2. The Balaban J connectivity index is 2.49. The molecule has 2 atom stereocenters. The van der Waals surface area contributed by atoms with Crippen molar-refractivity contribution in [1.29, 1.82) is 0 Å². The second-order valence-corrected chi connectivity index (χ2v) is 7.52. The van der Waals surface area contributed by atoms with E-state index in [0.717, 1.165) is 19.4 Å². The van der Waals surface area contributed by atoms with Gasteiger partial charge in [0.05, 0.1) is 6.04 Å². The van der Waals surface area contributed by atoms with Crippen LogP contribution in [0.3, 0.4) is 0 Å². The van der Waals surface area contributed by atoms with E-state index in [1.165, 1.54) is 0 Å². The molecule has 1 saturated heterocycles. The minimum absolute atomic E-state index is 0.0387. The average Bonchev–Trinajstić information content (AvgIpc) is 2.42. The molecule has 1 fully saturated rings. The maximum absolute atomic E-state index is 12.3. The largest absolute Gasteiger partial charge is 0.355 e. The minimum Gasteiger partial charge on any atom is -0.355 e. The first-order valence-corrected chi connectivity index (χ1v) is 7.95. The highest BCUT2D eigenvalue weighted by Crippen LogP contribution is 2.19. The lowest BCUT2D eigenvalue weighted by Crippen LogP contribution is -2.51. The predicted octanol–water partition coefficient (Wildman–Crippen LogP) is 1.37. The van der Waals surface area contributed by atoms with Crippen LogP contribution in [-0.4, -0.2) is 42.4 Å². The number of likely N-dealkylation sites (tertiary alicyclic amines) is 1. The van der Waals surface area contributed by atoms with Crippen LogP contribution in [0.15, 0.2) is 0 Å². The third-order valence-corrected chi connectivity index (χ3v) is 4.07. The Morgan fingerprint density at radius 1 is 1.33 bits per heavy atom. The van der Waals surface area contributed by atoms with Crippen LogP contribution in [0, 0.1) is 17.3 Å². The maximum atomic E-state index is 12.3. The van der Waals surface area contributed by atoms with Crippen LogP contribution in [0.5, 0.6) is 0 Å². The average molecular weight is 297 g/mol. The van der Waals surface area contributed by atoms with Crippen LogP contribution in [0.2, 0.25) is 0 Å². The summed E-state index contributed by atoms with van der Waals surface area (Å²) in [6.45, 7) is 11.8. The fourth-order valence-electron chi connectivity index (χ4n) is 2.43. The highest BCUT2D eigenvalue weighted by molar-refractivity contribution is 5.82. The first-order chi connectivity index (χ1) is 9.62. The Hall–Kier alpha value is -1.10. The van der Waals surface area contributed by atoms with E-state index < -0.39 is 6.04 Å². The molecular weight excluding hydrogens is 266 g/mol. The van der Waals surface area contributed by atoms with E-state index in [4.69, 9.17) is 5.73 Å². The molecule has 1 aliphatic rings. The molecule has 5 nitrogen and oxygen atoms in total. The van der Waals surface area contributed by atoms with Gasteiger partial charge in [0.25, 0.3) is 0 Å². The molecule has 0 aliphatic carbocycles. The van der Waals surface area contributed by atoms with Crippen molar-refractivity contribution < 1.29 is 9.59 Å². The van der Waals surface area contributed by atoms with Gasteiger partial charge in [0.1, 0.15) is 0 Å². The quantitative estimate of drug-likeness (QED) is 0.823. The number of amides is 2. The molecule has 0 aromatic carbocycles. The molecule has 1 unspecified atom stereocenters.